The topological polar surface area (TPSA) is 105 Å². The van der Waals surface area contributed by atoms with Crippen molar-refractivity contribution < 1.29 is 24.2 Å². The van der Waals surface area contributed by atoms with Gasteiger partial charge in [-0.3, -0.25) is 4.79 Å². The normalized spacial score (nSPS) is 15.0. The highest BCUT2D eigenvalue weighted by Gasteiger charge is 2.30. The van der Waals surface area contributed by atoms with Crippen LogP contribution in [0.15, 0.2) is 48.5 Å². The first-order chi connectivity index (χ1) is 15.8. The molecule has 0 fully saturated rings. The van der Waals surface area contributed by atoms with Gasteiger partial charge in [0.15, 0.2) is 0 Å². The van der Waals surface area contributed by atoms with Gasteiger partial charge in [-0.25, -0.2) is 9.59 Å². The molecular weight excluding hydrogens is 420 g/mol. The maximum absolute atomic E-state index is 12.5. The van der Waals surface area contributed by atoms with Crippen LogP contribution >= 0.6 is 0 Å². The van der Waals surface area contributed by atoms with E-state index in [2.05, 4.69) is 34.9 Å². The van der Waals surface area contributed by atoms with E-state index in [1.54, 1.807) is 6.92 Å². The van der Waals surface area contributed by atoms with Crippen molar-refractivity contribution in [3.63, 3.8) is 0 Å². The second-order valence-electron chi connectivity index (χ2n) is 8.55. The highest BCUT2D eigenvalue weighted by atomic mass is 16.5. The first-order valence-electron chi connectivity index (χ1n) is 11.5. The summed E-state index contributed by atoms with van der Waals surface area (Å²) < 4.78 is 5.55. The van der Waals surface area contributed by atoms with Crippen molar-refractivity contribution >= 4 is 18.0 Å². The number of amides is 2. The number of hydrogen-bond acceptors (Lipinski definition) is 4. The summed E-state index contributed by atoms with van der Waals surface area (Å²) in [4.78, 5) is 36.4. The molecule has 176 valence electrons. The molecule has 7 heteroatoms. The van der Waals surface area contributed by atoms with E-state index >= 15 is 0 Å². The molecule has 3 atom stereocenters. The Labute approximate surface area is 194 Å². The van der Waals surface area contributed by atoms with Crippen molar-refractivity contribution in [2.75, 3.05) is 6.61 Å². The van der Waals surface area contributed by atoms with Crippen LogP contribution < -0.4 is 10.6 Å². The summed E-state index contributed by atoms with van der Waals surface area (Å²) >= 11 is 0. The molecular formula is C26H32N2O5. The number of carbonyl (C=O) groups excluding carboxylic acids is 2. The number of benzene rings is 2. The molecule has 0 bridgehead atoms. The van der Waals surface area contributed by atoms with Crippen LogP contribution in [-0.2, 0) is 14.3 Å². The van der Waals surface area contributed by atoms with Gasteiger partial charge in [0.1, 0.15) is 12.6 Å². The highest BCUT2D eigenvalue weighted by Crippen LogP contribution is 2.44. The van der Waals surface area contributed by atoms with E-state index in [0.29, 0.717) is 12.8 Å². The minimum Gasteiger partial charge on any atom is -0.480 e. The lowest BCUT2D eigenvalue weighted by Gasteiger charge is -2.22. The molecule has 0 unspecified atom stereocenters. The number of rotatable bonds is 10. The van der Waals surface area contributed by atoms with Gasteiger partial charge >= 0.3 is 12.1 Å². The van der Waals surface area contributed by atoms with E-state index in [1.165, 1.54) is 0 Å². The molecule has 0 aromatic heterocycles. The Bertz CT molecular complexity index is 960. The Hall–Kier alpha value is -3.35. The molecule has 1 aliphatic rings. The molecule has 0 aliphatic heterocycles. The Balaban J connectivity index is 1.57. The van der Waals surface area contributed by atoms with Crippen molar-refractivity contribution in [1.82, 2.24) is 10.6 Å². The first-order valence-corrected chi connectivity index (χ1v) is 11.5. The second-order valence-corrected chi connectivity index (χ2v) is 8.55. The predicted molar refractivity (Wildman–Crippen MR) is 126 cm³/mol. The number of carbonyl (C=O) groups is 3. The van der Waals surface area contributed by atoms with Crippen LogP contribution in [0.5, 0.6) is 0 Å². The van der Waals surface area contributed by atoms with Crippen LogP contribution in [0.4, 0.5) is 4.79 Å². The Kier molecular flexibility index (Phi) is 8.09. The van der Waals surface area contributed by atoms with Gasteiger partial charge in [-0.1, -0.05) is 75.7 Å². The third-order valence-corrected chi connectivity index (χ3v) is 6.39. The van der Waals surface area contributed by atoms with Gasteiger partial charge < -0.3 is 20.5 Å². The SMILES string of the molecule is CC[C@@H](CC(=O)N[C@H](C(=O)O)[C@@H](C)CC)NC(=O)OCC1c2ccccc2-c2ccccc21. The van der Waals surface area contributed by atoms with Crippen molar-refractivity contribution in [2.24, 2.45) is 5.92 Å². The average Bonchev–Trinajstić information content (AvgIpc) is 3.13. The third-order valence-electron chi connectivity index (χ3n) is 6.39. The molecule has 2 aromatic carbocycles. The maximum atomic E-state index is 12.5. The minimum absolute atomic E-state index is 0.0130. The zero-order chi connectivity index (χ0) is 24.0. The molecule has 1 aliphatic carbocycles. The lowest BCUT2D eigenvalue weighted by molar-refractivity contribution is -0.143. The summed E-state index contributed by atoms with van der Waals surface area (Å²) in [7, 11) is 0. The summed E-state index contributed by atoms with van der Waals surface area (Å²) in [6.45, 7) is 5.70. The number of ether oxygens (including phenoxy) is 1. The quantitative estimate of drug-likeness (QED) is 0.498. The van der Waals surface area contributed by atoms with Crippen molar-refractivity contribution in [2.45, 2.75) is 58.0 Å². The van der Waals surface area contributed by atoms with Crippen LogP contribution in [0, 0.1) is 5.92 Å². The number of alkyl carbamates (subject to hydrolysis) is 1. The smallest absolute Gasteiger partial charge is 0.407 e. The number of fused-ring (bicyclic) bond motifs is 3. The largest absolute Gasteiger partial charge is 0.480 e. The average molecular weight is 453 g/mol. The number of carboxylic acid groups (broad SMARTS) is 1. The number of aliphatic carboxylic acids is 1. The monoisotopic (exact) mass is 452 g/mol. The fraction of sp³-hybridized carbons (Fsp3) is 0.423. The van der Waals surface area contributed by atoms with Gasteiger partial charge in [0, 0.05) is 18.4 Å². The van der Waals surface area contributed by atoms with E-state index in [1.807, 2.05) is 38.1 Å². The van der Waals surface area contributed by atoms with Crippen LogP contribution in [0.2, 0.25) is 0 Å². The summed E-state index contributed by atoms with van der Waals surface area (Å²) in [5.41, 5.74) is 4.56. The molecule has 33 heavy (non-hydrogen) atoms. The molecule has 2 aromatic rings. The molecule has 0 saturated heterocycles. The Morgan fingerprint density at radius 3 is 2.03 bits per heavy atom. The molecule has 0 saturated carbocycles. The molecule has 0 heterocycles. The van der Waals surface area contributed by atoms with E-state index in [9.17, 15) is 19.5 Å². The fourth-order valence-electron chi connectivity index (χ4n) is 4.24. The van der Waals surface area contributed by atoms with Gasteiger partial charge in [-0.2, -0.15) is 0 Å². The van der Waals surface area contributed by atoms with E-state index < -0.39 is 30.1 Å². The van der Waals surface area contributed by atoms with E-state index in [-0.39, 0.29) is 24.9 Å². The summed E-state index contributed by atoms with van der Waals surface area (Å²) in [5.74, 6) is -1.70. The molecule has 0 radical (unpaired) electrons. The number of nitrogens with one attached hydrogen (secondary N) is 2. The van der Waals surface area contributed by atoms with Crippen molar-refractivity contribution in [1.29, 1.82) is 0 Å². The predicted octanol–water partition coefficient (Wildman–Crippen LogP) is 4.31. The van der Waals surface area contributed by atoms with E-state index in [0.717, 1.165) is 22.3 Å². The molecule has 2 amide bonds. The van der Waals surface area contributed by atoms with Crippen LogP contribution in [0.3, 0.4) is 0 Å². The molecule has 3 rings (SSSR count). The lowest BCUT2D eigenvalue weighted by atomic mass is 9.98. The van der Waals surface area contributed by atoms with Gasteiger partial charge in [0.2, 0.25) is 5.91 Å². The lowest BCUT2D eigenvalue weighted by Crippen LogP contribution is -2.47. The zero-order valence-corrected chi connectivity index (χ0v) is 19.3. The van der Waals surface area contributed by atoms with Crippen LogP contribution in [-0.4, -0.2) is 41.8 Å². The van der Waals surface area contributed by atoms with E-state index in [4.69, 9.17) is 4.74 Å². The number of hydrogen-bond donors (Lipinski definition) is 3. The Morgan fingerprint density at radius 1 is 0.939 bits per heavy atom. The van der Waals surface area contributed by atoms with Crippen molar-refractivity contribution in [3.05, 3.63) is 59.7 Å². The maximum Gasteiger partial charge on any atom is 0.407 e. The Morgan fingerprint density at radius 2 is 1.52 bits per heavy atom. The molecule has 7 nitrogen and oxygen atoms in total. The van der Waals surface area contributed by atoms with Crippen molar-refractivity contribution in [3.8, 4) is 11.1 Å². The zero-order valence-electron chi connectivity index (χ0n) is 19.3. The van der Waals surface area contributed by atoms with Gasteiger partial charge in [0.05, 0.1) is 0 Å². The van der Waals surface area contributed by atoms with Crippen LogP contribution in [0.1, 0.15) is 57.1 Å². The van der Waals surface area contributed by atoms with Gasteiger partial charge in [-0.15, -0.1) is 0 Å². The third kappa shape index (κ3) is 5.72. The molecule has 0 spiro atoms. The number of carboxylic acids is 1. The highest BCUT2D eigenvalue weighted by molar-refractivity contribution is 5.84. The fourth-order valence-corrected chi connectivity index (χ4v) is 4.24. The first kappa shape index (κ1) is 24.3. The molecule has 3 N–H and O–H groups in total. The second kappa shape index (κ2) is 11.0. The minimum atomic E-state index is -1.06. The summed E-state index contributed by atoms with van der Waals surface area (Å²) in [6, 6.07) is 14.8. The van der Waals surface area contributed by atoms with Gasteiger partial charge in [0.25, 0.3) is 0 Å². The summed E-state index contributed by atoms with van der Waals surface area (Å²) in [5, 5.41) is 14.7. The standard InChI is InChI=1S/C26H32N2O5/c1-4-16(3)24(25(30)31)28-23(29)14-17(5-2)27-26(32)33-15-22-20-12-8-6-10-18(20)19-11-7-9-13-21(19)22/h6-13,16-17,22,24H,4-5,14-15H2,1-3H3,(H,27,32)(H,28,29)(H,30,31)/t16-,17-,24-/m0/s1. The van der Waals surface area contributed by atoms with Gasteiger partial charge in [-0.05, 0) is 34.6 Å². The summed E-state index contributed by atoms with van der Waals surface area (Å²) in [6.07, 6.45) is 0.541. The van der Waals surface area contributed by atoms with Crippen LogP contribution in [0.25, 0.3) is 11.1 Å².